The summed E-state index contributed by atoms with van der Waals surface area (Å²) in [7, 11) is 1.44. The van der Waals surface area contributed by atoms with Crippen LogP contribution in [-0.2, 0) is 13.6 Å². The Morgan fingerprint density at radius 3 is 3.17 bits per heavy atom. The number of fused-ring (bicyclic) bond motifs is 1. The van der Waals surface area contributed by atoms with E-state index < -0.39 is 11.2 Å². The summed E-state index contributed by atoms with van der Waals surface area (Å²) in [6.07, 6.45) is 3.40. The first-order valence-electron chi connectivity index (χ1n) is 7.73. The average molecular weight is 333 g/mol. The molecule has 0 amide bonds. The van der Waals surface area contributed by atoms with Crippen LogP contribution in [-0.4, -0.2) is 45.1 Å². The summed E-state index contributed by atoms with van der Waals surface area (Å²) in [5.41, 5.74) is -0.813. The van der Waals surface area contributed by atoms with Crippen LogP contribution in [0.5, 0.6) is 11.6 Å². The van der Waals surface area contributed by atoms with Crippen LogP contribution in [0.1, 0.15) is 6.42 Å². The summed E-state index contributed by atoms with van der Waals surface area (Å²) in [6, 6.07) is 3.63. The molecule has 0 spiro atoms. The maximum absolute atomic E-state index is 11.8. The zero-order valence-electron chi connectivity index (χ0n) is 13.3. The van der Waals surface area contributed by atoms with Crippen molar-refractivity contribution in [2.24, 2.45) is 7.05 Å². The summed E-state index contributed by atoms with van der Waals surface area (Å²) < 4.78 is 13.6. The third-order valence-corrected chi connectivity index (χ3v) is 3.68. The summed E-state index contributed by atoms with van der Waals surface area (Å²) in [6.45, 7) is 2.21. The normalized spacial score (nSPS) is 16.1. The Bertz CT molecular complexity index is 816. The van der Waals surface area contributed by atoms with E-state index in [0.29, 0.717) is 44.3 Å². The number of ether oxygens (including phenoxy) is 2. The topological polar surface area (TPSA) is 100 Å². The third-order valence-electron chi connectivity index (χ3n) is 3.68. The highest BCUT2D eigenvalue weighted by Gasteiger charge is 2.21. The van der Waals surface area contributed by atoms with E-state index in [9.17, 15) is 9.59 Å². The highest BCUT2D eigenvalue weighted by Crippen LogP contribution is 2.27. The number of nitrogens with one attached hydrogen (secondary N) is 1. The fourth-order valence-electron chi connectivity index (χ4n) is 2.34. The molecule has 24 heavy (non-hydrogen) atoms. The number of nitrogens with zero attached hydrogens (tertiary/aromatic N) is 4. The Labute approximate surface area is 137 Å². The molecule has 0 aromatic carbocycles. The van der Waals surface area contributed by atoms with Gasteiger partial charge in [-0.3, -0.25) is 9.36 Å². The van der Waals surface area contributed by atoms with Gasteiger partial charge < -0.3 is 14.8 Å². The minimum Gasteiger partial charge on any atom is -0.484 e. The molecule has 9 heteroatoms. The fourth-order valence-corrected chi connectivity index (χ4v) is 2.34. The van der Waals surface area contributed by atoms with Crippen LogP contribution in [0.25, 0.3) is 0 Å². The van der Waals surface area contributed by atoms with Gasteiger partial charge in [0.15, 0.2) is 5.75 Å². The molecule has 1 aliphatic heterocycles. The quantitative estimate of drug-likeness (QED) is 0.688. The number of hydrogen-bond donors (Lipinski definition) is 1. The number of hydrogen-bond acceptors (Lipinski definition) is 7. The van der Waals surface area contributed by atoms with Gasteiger partial charge in [0.05, 0.1) is 0 Å². The van der Waals surface area contributed by atoms with Crippen molar-refractivity contribution < 1.29 is 9.47 Å². The van der Waals surface area contributed by atoms with E-state index >= 15 is 0 Å². The second-order valence-corrected chi connectivity index (χ2v) is 5.46. The smallest absolute Gasteiger partial charge is 0.347 e. The number of rotatable bonds is 6. The lowest BCUT2D eigenvalue weighted by Gasteiger charge is -2.25. The van der Waals surface area contributed by atoms with Crippen molar-refractivity contribution in [2.75, 3.05) is 19.7 Å². The van der Waals surface area contributed by atoms with Gasteiger partial charge in [-0.05, 0) is 25.1 Å². The number of aryl methyl sites for hydroxylation is 1. The van der Waals surface area contributed by atoms with Crippen LogP contribution < -0.4 is 26.0 Å². The van der Waals surface area contributed by atoms with Crippen molar-refractivity contribution in [1.29, 1.82) is 0 Å². The summed E-state index contributed by atoms with van der Waals surface area (Å²) in [5.74, 6) is 1.17. The second kappa shape index (κ2) is 7.26. The monoisotopic (exact) mass is 333 g/mol. The van der Waals surface area contributed by atoms with Gasteiger partial charge in [0.25, 0.3) is 11.4 Å². The van der Waals surface area contributed by atoms with Crippen LogP contribution in [0.15, 0.2) is 34.1 Å². The van der Waals surface area contributed by atoms with Crippen LogP contribution in [0.2, 0.25) is 0 Å². The Balaban J connectivity index is 1.42. The SMILES string of the molecule is Cn1c(=O)cnn(CCCNCC2COc3cccnc3O2)c1=O. The molecular weight excluding hydrogens is 314 g/mol. The van der Waals surface area contributed by atoms with Gasteiger partial charge in [-0.2, -0.15) is 5.10 Å². The van der Waals surface area contributed by atoms with E-state index in [1.54, 1.807) is 12.3 Å². The fraction of sp³-hybridized carbons (Fsp3) is 0.467. The molecule has 0 saturated heterocycles. The van der Waals surface area contributed by atoms with Crippen molar-refractivity contribution >= 4 is 0 Å². The lowest BCUT2D eigenvalue weighted by atomic mass is 10.3. The first-order chi connectivity index (χ1) is 11.6. The van der Waals surface area contributed by atoms with Crippen LogP contribution in [0.4, 0.5) is 0 Å². The minimum atomic E-state index is -0.408. The van der Waals surface area contributed by atoms with Gasteiger partial charge in [0, 0.05) is 26.3 Å². The highest BCUT2D eigenvalue weighted by molar-refractivity contribution is 5.33. The highest BCUT2D eigenvalue weighted by atomic mass is 16.6. The van der Waals surface area contributed by atoms with E-state index in [4.69, 9.17) is 9.47 Å². The van der Waals surface area contributed by atoms with E-state index in [-0.39, 0.29) is 6.10 Å². The maximum atomic E-state index is 11.8. The lowest BCUT2D eigenvalue weighted by Crippen LogP contribution is -2.40. The number of pyridine rings is 1. The van der Waals surface area contributed by atoms with Crippen LogP contribution in [0.3, 0.4) is 0 Å². The zero-order chi connectivity index (χ0) is 16.9. The standard InChI is InChI=1S/C15H19N5O4/c1-19-13(21)9-18-20(15(19)22)7-3-5-16-8-11-10-23-12-4-2-6-17-14(12)24-11/h2,4,6,9,11,16H,3,5,7-8,10H2,1H3. The Kier molecular flexibility index (Phi) is 4.90. The summed E-state index contributed by atoms with van der Waals surface area (Å²) >= 11 is 0. The van der Waals surface area contributed by atoms with Crippen molar-refractivity contribution in [3.63, 3.8) is 0 Å². The van der Waals surface area contributed by atoms with Gasteiger partial charge in [0.1, 0.15) is 18.9 Å². The summed E-state index contributed by atoms with van der Waals surface area (Å²) in [4.78, 5) is 27.2. The van der Waals surface area contributed by atoms with E-state index in [0.717, 1.165) is 10.8 Å². The lowest BCUT2D eigenvalue weighted by molar-refractivity contribution is 0.0845. The summed E-state index contributed by atoms with van der Waals surface area (Å²) in [5, 5.41) is 7.10. The van der Waals surface area contributed by atoms with E-state index in [2.05, 4.69) is 15.4 Å². The predicted molar refractivity (Wildman–Crippen MR) is 85.4 cm³/mol. The maximum Gasteiger partial charge on any atom is 0.347 e. The molecule has 1 unspecified atom stereocenters. The molecule has 3 rings (SSSR count). The molecule has 0 aliphatic carbocycles. The van der Waals surface area contributed by atoms with Crippen molar-refractivity contribution in [3.8, 4) is 11.6 Å². The molecular formula is C15H19N5O4. The molecule has 1 atom stereocenters. The molecule has 2 aromatic heterocycles. The van der Waals surface area contributed by atoms with Crippen LogP contribution >= 0.6 is 0 Å². The molecule has 0 saturated carbocycles. The molecule has 0 radical (unpaired) electrons. The van der Waals surface area contributed by atoms with Gasteiger partial charge in [-0.25, -0.2) is 14.5 Å². The molecule has 1 N–H and O–H groups in total. The molecule has 1 aliphatic rings. The largest absolute Gasteiger partial charge is 0.484 e. The zero-order valence-corrected chi connectivity index (χ0v) is 13.3. The van der Waals surface area contributed by atoms with Crippen molar-refractivity contribution in [2.45, 2.75) is 19.1 Å². The van der Waals surface area contributed by atoms with Crippen LogP contribution in [0, 0.1) is 0 Å². The average Bonchev–Trinajstić information content (AvgIpc) is 2.61. The van der Waals surface area contributed by atoms with E-state index in [1.165, 1.54) is 11.7 Å². The molecule has 3 heterocycles. The first-order valence-corrected chi connectivity index (χ1v) is 7.73. The number of aromatic nitrogens is 4. The molecule has 128 valence electrons. The van der Waals surface area contributed by atoms with Crippen molar-refractivity contribution in [3.05, 3.63) is 45.4 Å². The Hall–Kier alpha value is -2.68. The van der Waals surface area contributed by atoms with E-state index in [1.807, 2.05) is 6.07 Å². The Morgan fingerprint density at radius 2 is 2.29 bits per heavy atom. The second-order valence-electron chi connectivity index (χ2n) is 5.46. The third kappa shape index (κ3) is 3.62. The predicted octanol–water partition coefficient (Wildman–Crippen LogP) is -0.843. The first kappa shape index (κ1) is 16.2. The Morgan fingerprint density at radius 1 is 1.42 bits per heavy atom. The molecule has 9 nitrogen and oxygen atoms in total. The van der Waals surface area contributed by atoms with Gasteiger partial charge in [-0.1, -0.05) is 0 Å². The van der Waals surface area contributed by atoms with Crippen molar-refractivity contribution in [1.82, 2.24) is 24.6 Å². The molecule has 0 bridgehead atoms. The molecule has 0 fully saturated rings. The van der Waals surface area contributed by atoms with Gasteiger partial charge >= 0.3 is 5.69 Å². The van der Waals surface area contributed by atoms with Gasteiger partial charge in [-0.15, -0.1) is 0 Å². The van der Waals surface area contributed by atoms with Gasteiger partial charge in [0.2, 0.25) is 0 Å². The molecule has 2 aromatic rings. The minimum absolute atomic E-state index is 0.106.